The van der Waals surface area contributed by atoms with Crippen molar-refractivity contribution >= 4 is 51.6 Å². The van der Waals surface area contributed by atoms with Crippen molar-refractivity contribution in [3.8, 4) is 0 Å². The van der Waals surface area contributed by atoms with Crippen molar-refractivity contribution in [3.63, 3.8) is 0 Å². The summed E-state index contributed by atoms with van der Waals surface area (Å²) >= 11 is 2.71. The number of rotatable bonds is 6. The second-order valence-corrected chi connectivity index (χ2v) is 10.1. The number of fused-ring (bicyclic) bond motifs is 1. The molecule has 2 amide bonds. The van der Waals surface area contributed by atoms with Crippen LogP contribution in [0.1, 0.15) is 38.5 Å². The number of nitrogen functional groups attached to an aromatic ring is 1. The Morgan fingerprint density at radius 2 is 1.91 bits per heavy atom. The molecule has 1 atom stereocenters. The first kappa shape index (κ1) is 23.8. The summed E-state index contributed by atoms with van der Waals surface area (Å²) in [6, 6.07) is 16.8. The van der Waals surface area contributed by atoms with E-state index in [2.05, 4.69) is 5.32 Å². The number of benzene rings is 2. The normalized spacial score (nSPS) is 13.6. The van der Waals surface area contributed by atoms with E-state index in [1.807, 2.05) is 48.5 Å². The summed E-state index contributed by atoms with van der Waals surface area (Å²) in [6.45, 7) is 2.46. The van der Waals surface area contributed by atoms with Gasteiger partial charge in [0.25, 0.3) is 0 Å². The van der Waals surface area contributed by atoms with Crippen LogP contribution in [0.4, 0.5) is 10.7 Å². The van der Waals surface area contributed by atoms with Gasteiger partial charge in [0, 0.05) is 28.9 Å². The van der Waals surface area contributed by atoms with E-state index in [1.54, 1.807) is 11.0 Å². The minimum absolute atomic E-state index is 0.0214. The first-order valence-corrected chi connectivity index (χ1v) is 12.4. The molecule has 2 heterocycles. The lowest BCUT2D eigenvalue weighted by Crippen LogP contribution is -2.33. The number of thioether (sulfide) groups is 1. The van der Waals surface area contributed by atoms with E-state index in [1.165, 1.54) is 37.1 Å². The number of nitrogens with two attached hydrogens (primary N) is 1. The number of carbonyl (C=O) groups excluding carboxylic acids is 3. The van der Waals surface area contributed by atoms with Crippen molar-refractivity contribution < 1.29 is 19.1 Å². The monoisotopic (exact) mass is 495 g/mol. The quantitative estimate of drug-likeness (QED) is 0.297. The van der Waals surface area contributed by atoms with E-state index >= 15 is 0 Å². The fourth-order valence-electron chi connectivity index (χ4n) is 3.88. The van der Waals surface area contributed by atoms with Crippen LogP contribution in [0.25, 0.3) is 0 Å². The van der Waals surface area contributed by atoms with Crippen LogP contribution < -0.4 is 11.1 Å². The molecule has 0 aliphatic carbocycles. The van der Waals surface area contributed by atoms with E-state index < -0.39 is 11.2 Å². The van der Waals surface area contributed by atoms with Gasteiger partial charge in [0.05, 0.1) is 19.2 Å². The Balaban J connectivity index is 1.67. The highest BCUT2D eigenvalue weighted by atomic mass is 32.2. The molecule has 0 bridgehead atoms. The van der Waals surface area contributed by atoms with Crippen molar-refractivity contribution in [1.29, 1.82) is 0 Å². The molecule has 0 fully saturated rings. The molecule has 9 heteroatoms. The van der Waals surface area contributed by atoms with Gasteiger partial charge >= 0.3 is 5.97 Å². The molecule has 1 aromatic heterocycles. The SMILES string of the molecule is COC(=O)c1c(NC(=O)C(Sc2cccc(N)c2)c2ccccc2)sc2c1CCN(C(C)=O)C2. The van der Waals surface area contributed by atoms with Gasteiger partial charge in [0.15, 0.2) is 0 Å². The summed E-state index contributed by atoms with van der Waals surface area (Å²) in [6.07, 6.45) is 0.534. The summed E-state index contributed by atoms with van der Waals surface area (Å²) in [5.74, 6) is -0.776. The van der Waals surface area contributed by atoms with Crippen LogP contribution in [0, 0.1) is 0 Å². The van der Waals surface area contributed by atoms with Crippen molar-refractivity contribution in [2.24, 2.45) is 0 Å². The molecular weight excluding hydrogens is 470 g/mol. The van der Waals surface area contributed by atoms with E-state index in [9.17, 15) is 14.4 Å². The third-order valence-corrected chi connectivity index (χ3v) is 7.96. The standard InChI is InChI=1S/C25H25N3O4S2/c1-15(29)28-12-11-19-20(14-28)34-24(21(19)25(31)32-2)27-23(30)22(16-7-4-3-5-8-16)33-18-10-6-9-17(26)13-18/h3-10,13,22H,11-12,14,26H2,1-2H3,(H,27,30). The zero-order valence-corrected chi connectivity index (χ0v) is 20.5. The summed E-state index contributed by atoms with van der Waals surface area (Å²) in [7, 11) is 1.32. The number of hydrogen-bond donors (Lipinski definition) is 2. The number of hydrogen-bond acceptors (Lipinski definition) is 7. The molecule has 2 aromatic carbocycles. The molecule has 0 radical (unpaired) electrons. The summed E-state index contributed by atoms with van der Waals surface area (Å²) in [5, 5.41) is 2.86. The van der Waals surface area contributed by atoms with Crippen LogP contribution in [0.15, 0.2) is 59.5 Å². The lowest BCUT2D eigenvalue weighted by atomic mass is 10.0. The Morgan fingerprint density at radius 1 is 1.15 bits per heavy atom. The average Bonchev–Trinajstić information content (AvgIpc) is 3.19. The average molecular weight is 496 g/mol. The van der Waals surface area contributed by atoms with Crippen LogP contribution in [0.2, 0.25) is 0 Å². The maximum absolute atomic E-state index is 13.6. The van der Waals surface area contributed by atoms with Crippen molar-refractivity contribution in [2.75, 3.05) is 24.7 Å². The smallest absolute Gasteiger partial charge is 0.341 e. The molecule has 7 nitrogen and oxygen atoms in total. The van der Waals surface area contributed by atoms with Crippen LogP contribution in [0.5, 0.6) is 0 Å². The lowest BCUT2D eigenvalue weighted by molar-refractivity contribution is -0.129. The second kappa shape index (κ2) is 10.3. The van der Waals surface area contributed by atoms with Crippen molar-refractivity contribution in [1.82, 2.24) is 4.90 Å². The Bertz CT molecular complexity index is 1230. The number of nitrogens with one attached hydrogen (secondary N) is 1. The number of nitrogens with zero attached hydrogens (tertiary/aromatic N) is 1. The summed E-state index contributed by atoms with van der Waals surface area (Å²) in [5.41, 5.74) is 8.60. The van der Waals surface area contributed by atoms with E-state index in [0.29, 0.717) is 35.8 Å². The fraction of sp³-hybridized carbons (Fsp3) is 0.240. The summed E-state index contributed by atoms with van der Waals surface area (Å²) in [4.78, 5) is 41.6. The van der Waals surface area contributed by atoms with Gasteiger partial charge < -0.3 is 20.7 Å². The van der Waals surface area contributed by atoms with E-state index in [-0.39, 0.29) is 11.8 Å². The first-order valence-electron chi connectivity index (χ1n) is 10.7. The summed E-state index contributed by atoms with van der Waals surface area (Å²) < 4.78 is 5.03. The number of methoxy groups -OCH3 is 1. The number of ether oxygens (including phenoxy) is 1. The highest BCUT2D eigenvalue weighted by molar-refractivity contribution is 8.00. The topological polar surface area (TPSA) is 102 Å². The first-order chi connectivity index (χ1) is 16.4. The number of esters is 1. The lowest BCUT2D eigenvalue weighted by Gasteiger charge is -2.25. The minimum Gasteiger partial charge on any atom is -0.465 e. The van der Waals surface area contributed by atoms with Gasteiger partial charge in [-0.1, -0.05) is 36.4 Å². The number of amides is 2. The molecule has 0 saturated heterocycles. The minimum atomic E-state index is -0.568. The molecule has 4 rings (SSSR count). The van der Waals surface area contributed by atoms with Crippen LogP contribution >= 0.6 is 23.1 Å². The van der Waals surface area contributed by atoms with Crippen LogP contribution in [-0.2, 0) is 27.3 Å². The molecule has 1 unspecified atom stereocenters. The molecule has 34 heavy (non-hydrogen) atoms. The third-order valence-electron chi connectivity index (χ3n) is 5.58. The third kappa shape index (κ3) is 5.10. The Morgan fingerprint density at radius 3 is 2.59 bits per heavy atom. The number of anilines is 2. The molecule has 3 N–H and O–H groups in total. The van der Waals surface area contributed by atoms with Gasteiger partial charge in [-0.25, -0.2) is 4.79 Å². The predicted octanol–water partition coefficient (Wildman–Crippen LogP) is 4.49. The van der Waals surface area contributed by atoms with Crippen molar-refractivity contribution in [2.45, 2.75) is 30.0 Å². The van der Waals surface area contributed by atoms with E-state index in [0.717, 1.165) is 20.9 Å². The zero-order chi connectivity index (χ0) is 24.2. The molecule has 1 aliphatic heterocycles. The van der Waals surface area contributed by atoms with Crippen LogP contribution in [0.3, 0.4) is 0 Å². The predicted molar refractivity (Wildman–Crippen MR) is 135 cm³/mol. The Labute approximate surface area is 206 Å². The molecule has 0 spiro atoms. The number of carbonyl (C=O) groups is 3. The molecule has 0 saturated carbocycles. The molecular formula is C25H25N3O4S2. The van der Waals surface area contributed by atoms with Gasteiger partial charge in [0.2, 0.25) is 11.8 Å². The fourth-order valence-corrected chi connectivity index (χ4v) is 6.23. The Hall–Kier alpha value is -3.30. The molecule has 176 valence electrons. The van der Waals surface area contributed by atoms with Gasteiger partial charge in [-0.3, -0.25) is 9.59 Å². The Kier molecular flexibility index (Phi) is 7.23. The molecule has 3 aromatic rings. The van der Waals surface area contributed by atoms with Gasteiger partial charge in [0.1, 0.15) is 10.3 Å². The highest BCUT2D eigenvalue weighted by Crippen LogP contribution is 2.41. The van der Waals surface area contributed by atoms with Gasteiger partial charge in [-0.15, -0.1) is 23.1 Å². The maximum atomic E-state index is 13.6. The molecule has 1 aliphatic rings. The highest BCUT2D eigenvalue weighted by Gasteiger charge is 2.31. The largest absolute Gasteiger partial charge is 0.465 e. The number of thiophene rings is 1. The van der Waals surface area contributed by atoms with E-state index in [4.69, 9.17) is 10.5 Å². The van der Waals surface area contributed by atoms with Crippen molar-refractivity contribution in [3.05, 3.63) is 76.2 Å². The van der Waals surface area contributed by atoms with Crippen LogP contribution in [-0.4, -0.2) is 36.3 Å². The second-order valence-electron chi connectivity index (χ2n) is 7.86. The van der Waals surface area contributed by atoms with Gasteiger partial charge in [-0.2, -0.15) is 0 Å². The maximum Gasteiger partial charge on any atom is 0.341 e. The van der Waals surface area contributed by atoms with Gasteiger partial charge in [-0.05, 0) is 35.7 Å². The zero-order valence-electron chi connectivity index (χ0n) is 18.9.